The molecule has 1 rings (SSSR count). The van der Waals surface area contributed by atoms with Crippen molar-refractivity contribution in [2.45, 2.75) is 6.54 Å². The van der Waals surface area contributed by atoms with Crippen LogP contribution in [-0.4, -0.2) is 12.5 Å². The van der Waals surface area contributed by atoms with Crippen molar-refractivity contribution in [3.8, 4) is 0 Å². The van der Waals surface area contributed by atoms with E-state index in [2.05, 4.69) is 5.32 Å². The molecule has 0 saturated heterocycles. The van der Waals surface area contributed by atoms with Crippen LogP contribution in [0.5, 0.6) is 0 Å². The summed E-state index contributed by atoms with van der Waals surface area (Å²) >= 11 is 5.68. The number of amides is 1. The number of halogens is 2. The summed E-state index contributed by atoms with van der Waals surface area (Å²) in [5.74, 6) is -0.928. The van der Waals surface area contributed by atoms with Crippen molar-refractivity contribution in [3.05, 3.63) is 34.6 Å². The maximum atomic E-state index is 12.9. The Kier molecular flexibility index (Phi) is 3.85. The van der Waals surface area contributed by atoms with Gasteiger partial charge in [0.1, 0.15) is 5.82 Å². The highest BCUT2D eigenvalue weighted by Gasteiger charge is 2.04. The first kappa shape index (κ1) is 10.9. The van der Waals surface area contributed by atoms with Gasteiger partial charge in [-0.25, -0.2) is 4.39 Å². The molecule has 5 heteroatoms. The predicted molar refractivity (Wildman–Crippen MR) is 52.3 cm³/mol. The molecule has 0 aliphatic carbocycles. The number of rotatable bonds is 4. The lowest BCUT2D eigenvalue weighted by atomic mass is 10.2. The number of carbonyl (C=O) groups excluding carboxylic acids is 1. The number of hydrogen-bond donors (Lipinski definition) is 2. The first-order valence-electron chi connectivity index (χ1n) is 4.03. The Morgan fingerprint density at radius 3 is 2.93 bits per heavy atom. The van der Waals surface area contributed by atoms with Gasteiger partial charge in [-0.15, -0.1) is 0 Å². The molecule has 3 N–H and O–H groups in total. The smallest absolute Gasteiger partial charge is 0.231 e. The highest BCUT2D eigenvalue weighted by Crippen LogP contribution is 2.18. The maximum absolute atomic E-state index is 12.9. The summed E-state index contributed by atoms with van der Waals surface area (Å²) in [6.45, 7) is 0.367. The fourth-order valence-electron chi connectivity index (χ4n) is 1.01. The van der Waals surface area contributed by atoms with Gasteiger partial charge in [-0.05, 0) is 11.6 Å². The number of hydrogen-bond acceptors (Lipinski definition) is 2. The van der Waals surface area contributed by atoms with E-state index in [1.54, 1.807) is 12.1 Å². The molecule has 0 spiro atoms. The molecule has 0 radical (unpaired) electrons. The van der Waals surface area contributed by atoms with Crippen LogP contribution in [0.25, 0.3) is 0 Å². The molecule has 1 amide bonds. The second kappa shape index (κ2) is 4.93. The van der Waals surface area contributed by atoms with Gasteiger partial charge in [-0.2, -0.15) is 0 Å². The lowest BCUT2D eigenvalue weighted by Gasteiger charge is -2.05. The van der Waals surface area contributed by atoms with E-state index >= 15 is 0 Å². The molecule has 0 fully saturated rings. The van der Waals surface area contributed by atoms with Crippen LogP contribution in [0.4, 0.5) is 4.39 Å². The Morgan fingerprint density at radius 2 is 2.29 bits per heavy atom. The molecule has 0 saturated carbocycles. The molecule has 0 heterocycles. The van der Waals surface area contributed by atoms with E-state index in [1.165, 1.54) is 6.07 Å². The first-order chi connectivity index (χ1) is 6.61. The monoisotopic (exact) mass is 216 g/mol. The summed E-state index contributed by atoms with van der Waals surface area (Å²) < 4.78 is 12.9. The summed E-state index contributed by atoms with van der Waals surface area (Å²) in [5, 5.41) is 2.82. The second-order valence-electron chi connectivity index (χ2n) is 2.78. The number of nitrogens with two attached hydrogens (primary N) is 1. The molecule has 3 nitrogen and oxygen atoms in total. The number of carbonyl (C=O) groups is 1. The molecular formula is C9H10ClFN2O. The van der Waals surface area contributed by atoms with Crippen molar-refractivity contribution in [2.75, 3.05) is 6.54 Å². The van der Waals surface area contributed by atoms with E-state index in [9.17, 15) is 9.18 Å². The van der Waals surface area contributed by atoms with Crippen molar-refractivity contribution in [2.24, 2.45) is 5.73 Å². The van der Waals surface area contributed by atoms with Gasteiger partial charge in [0.25, 0.3) is 0 Å². The topological polar surface area (TPSA) is 55.1 Å². The molecule has 0 unspecified atom stereocenters. The third-order valence-corrected chi connectivity index (χ3v) is 2.07. The predicted octanol–water partition coefficient (Wildman–Crippen LogP) is 1.05. The van der Waals surface area contributed by atoms with Crippen molar-refractivity contribution >= 4 is 17.5 Å². The summed E-state index contributed by atoms with van der Waals surface area (Å²) in [6.07, 6.45) is 0. The van der Waals surface area contributed by atoms with Crippen molar-refractivity contribution in [3.63, 3.8) is 0 Å². The van der Waals surface area contributed by atoms with E-state index in [-0.39, 0.29) is 11.6 Å². The molecule has 0 aliphatic heterocycles. The van der Waals surface area contributed by atoms with E-state index in [1.807, 2.05) is 0 Å². The maximum Gasteiger partial charge on any atom is 0.231 e. The minimum absolute atomic E-state index is 0.0485. The van der Waals surface area contributed by atoms with Crippen molar-refractivity contribution < 1.29 is 9.18 Å². The van der Waals surface area contributed by atoms with Crippen LogP contribution in [-0.2, 0) is 11.3 Å². The lowest BCUT2D eigenvalue weighted by molar-refractivity contribution is -0.117. The normalized spacial score (nSPS) is 10.1. The van der Waals surface area contributed by atoms with E-state index in [0.29, 0.717) is 12.1 Å². The molecule has 1 aromatic carbocycles. The Hall–Kier alpha value is -1.13. The minimum Gasteiger partial charge on any atom is -0.369 e. The number of nitrogens with one attached hydrogen (secondary N) is 1. The van der Waals surface area contributed by atoms with Crippen LogP contribution in [0.15, 0.2) is 18.2 Å². The van der Waals surface area contributed by atoms with Crippen LogP contribution >= 0.6 is 11.6 Å². The van der Waals surface area contributed by atoms with E-state index < -0.39 is 11.7 Å². The molecule has 0 atom stereocenters. The summed E-state index contributed by atoms with van der Waals surface area (Å²) in [6, 6.07) is 4.52. The standard InChI is InChI=1S/C9H10ClFN2O/c10-9-6(2-1-3-7(9)11)4-13-5-8(12)14/h1-3,13H,4-5H2,(H2,12,14). The van der Waals surface area contributed by atoms with E-state index in [4.69, 9.17) is 17.3 Å². The van der Waals surface area contributed by atoms with E-state index in [0.717, 1.165) is 0 Å². The zero-order valence-electron chi connectivity index (χ0n) is 7.39. The van der Waals surface area contributed by atoms with Crippen LogP contribution in [0.3, 0.4) is 0 Å². The Morgan fingerprint density at radius 1 is 1.57 bits per heavy atom. The van der Waals surface area contributed by atoms with Gasteiger partial charge in [-0.1, -0.05) is 23.7 Å². The van der Waals surface area contributed by atoms with Gasteiger partial charge in [0.2, 0.25) is 5.91 Å². The second-order valence-corrected chi connectivity index (χ2v) is 3.16. The highest BCUT2D eigenvalue weighted by molar-refractivity contribution is 6.31. The fourth-order valence-corrected chi connectivity index (χ4v) is 1.20. The quantitative estimate of drug-likeness (QED) is 0.791. The van der Waals surface area contributed by atoms with Crippen LogP contribution in [0.1, 0.15) is 5.56 Å². The Bertz CT molecular complexity index is 344. The van der Waals surface area contributed by atoms with Gasteiger partial charge in [0.15, 0.2) is 0 Å². The highest BCUT2D eigenvalue weighted by atomic mass is 35.5. The van der Waals surface area contributed by atoms with Gasteiger partial charge in [0, 0.05) is 6.54 Å². The summed E-state index contributed by atoms with van der Waals surface area (Å²) in [5.41, 5.74) is 5.52. The Balaban J connectivity index is 2.59. The zero-order valence-corrected chi connectivity index (χ0v) is 8.14. The molecule has 0 aliphatic rings. The average Bonchev–Trinajstić information content (AvgIpc) is 2.12. The number of primary amides is 1. The third kappa shape index (κ3) is 2.97. The first-order valence-corrected chi connectivity index (χ1v) is 4.41. The molecule has 76 valence electrons. The lowest BCUT2D eigenvalue weighted by Crippen LogP contribution is -2.28. The Labute approximate surface area is 86.0 Å². The van der Waals surface area contributed by atoms with Crippen LogP contribution in [0, 0.1) is 5.82 Å². The average molecular weight is 217 g/mol. The van der Waals surface area contributed by atoms with Gasteiger partial charge in [-0.3, -0.25) is 4.79 Å². The van der Waals surface area contributed by atoms with Gasteiger partial charge in [0.05, 0.1) is 11.6 Å². The molecule has 14 heavy (non-hydrogen) atoms. The molecule has 0 aromatic heterocycles. The number of benzene rings is 1. The molecule has 1 aromatic rings. The fraction of sp³-hybridized carbons (Fsp3) is 0.222. The largest absolute Gasteiger partial charge is 0.369 e. The van der Waals surface area contributed by atoms with Crippen LogP contribution < -0.4 is 11.1 Å². The SMILES string of the molecule is NC(=O)CNCc1cccc(F)c1Cl. The third-order valence-electron chi connectivity index (χ3n) is 1.65. The van der Waals surface area contributed by atoms with Crippen molar-refractivity contribution in [1.29, 1.82) is 0 Å². The van der Waals surface area contributed by atoms with Gasteiger partial charge < -0.3 is 11.1 Å². The summed E-state index contributed by atoms with van der Waals surface area (Å²) in [4.78, 5) is 10.4. The summed E-state index contributed by atoms with van der Waals surface area (Å²) in [7, 11) is 0. The van der Waals surface area contributed by atoms with Crippen LogP contribution in [0.2, 0.25) is 5.02 Å². The molecular weight excluding hydrogens is 207 g/mol. The minimum atomic E-state index is -0.468. The van der Waals surface area contributed by atoms with Crippen molar-refractivity contribution in [1.82, 2.24) is 5.32 Å². The molecule has 0 bridgehead atoms. The zero-order chi connectivity index (χ0) is 10.6. The van der Waals surface area contributed by atoms with Gasteiger partial charge >= 0.3 is 0 Å².